The van der Waals surface area contributed by atoms with Gasteiger partial charge in [0.2, 0.25) is 0 Å². The van der Waals surface area contributed by atoms with Crippen LogP contribution in [0.5, 0.6) is 0 Å². The molecule has 1 aliphatic heterocycles. The van der Waals surface area contributed by atoms with Crippen molar-refractivity contribution in [2.45, 2.75) is 26.3 Å². The minimum Gasteiger partial charge on any atom is -0.313 e. The van der Waals surface area contributed by atoms with Crippen molar-refractivity contribution in [2.75, 3.05) is 18.8 Å². The summed E-state index contributed by atoms with van der Waals surface area (Å²) in [5.41, 5.74) is 0. The first-order valence-corrected chi connectivity index (χ1v) is 5.27. The van der Waals surface area contributed by atoms with E-state index in [-0.39, 0.29) is 0 Å². The van der Waals surface area contributed by atoms with Crippen molar-refractivity contribution in [1.82, 2.24) is 10.6 Å². The lowest BCUT2D eigenvalue weighted by Crippen LogP contribution is -2.39. The first-order valence-electron chi connectivity index (χ1n) is 4.28. The van der Waals surface area contributed by atoms with E-state index in [0.29, 0.717) is 6.04 Å². The number of hydrogen-bond acceptors (Lipinski definition) is 3. The summed E-state index contributed by atoms with van der Waals surface area (Å²) in [6.45, 7) is 6.62. The van der Waals surface area contributed by atoms with E-state index in [9.17, 15) is 0 Å². The van der Waals surface area contributed by atoms with E-state index in [4.69, 9.17) is 0 Å². The summed E-state index contributed by atoms with van der Waals surface area (Å²) in [6.07, 6.45) is 1.20. The lowest BCUT2D eigenvalue weighted by Gasteiger charge is -2.25. The van der Waals surface area contributed by atoms with Crippen molar-refractivity contribution < 1.29 is 0 Å². The highest BCUT2D eigenvalue weighted by Gasteiger charge is 2.15. The fourth-order valence-electron chi connectivity index (χ4n) is 0.969. The van der Waals surface area contributed by atoms with Gasteiger partial charge in [0.25, 0.3) is 0 Å². The minimum absolute atomic E-state index is 0.623. The monoisotopic (exact) mass is 173 g/mol. The van der Waals surface area contributed by atoms with E-state index < -0.39 is 0 Å². The van der Waals surface area contributed by atoms with Gasteiger partial charge >= 0.3 is 0 Å². The van der Waals surface area contributed by atoms with Crippen LogP contribution in [0.1, 0.15) is 20.3 Å². The van der Waals surface area contributed by atoms with E-state index in [1.165, 1.54) is 17.5 Å². The predicted molar refractivity (Wildman–Crippen MR) is 51.5 cm³/mol. The van der Waals surface area contributed by atoms with Crippen molar-refractivity contribution in [2.24, 2.45) is 0 Å². The molecule has 0 aromatic heterocycles. The fourth-order valence-corrected chi connectivity index (χ4v) is 1.95. The highest BCUT2D eigenvalue weighted by atomic mass is 32.2. The second-order valence-corrected chi connectivity index (χ2v) is 4.09. The molecule has 11 heavy (non-hydrogen) atoms. The Kier molecular flexibility index (Phi) is 4.26. The van der Waals surface area contributed by atoms with E-state index in [1.807, 2.05) is 11.8 Å². The number of nitrogens with one attached hydrogen (secondary N) is 2. The molecule has 1 atom stereocenters. The Morgan fingerprint density at radius 3 is 3.09 bits per heavy atom. The maximum Gasteiger partial charge on any atom is 0.106 e. The fraction of sp³-hybridized carbons (Fsp3) is 0.875. The highest BCUT2D eigenvalue weighted by Crippen LogP contribution is 2.18. The molecule has 1 radical (unpaired) electrons. The molecule has 2 N–H and O–H groups in total. The van der Waals surface area contributed by atoms with Gasteiger partial charge in [-0.25, -0.2) is 0 Å². The van der Waals surface area contributed by atoms with Crippen molar-refractivity contribution in [1.29, 1.82) is 0 Å². The van der Waals surface area contributed by atoms with E-state index >= 15 is 0 Å². The summed E-state index contributed by atoms with van der Waals surface area (Å²) in [5, 5.41) is 8.24. The molecular weight excluding hydrogens is 156 g/mol. The normalized spacial score (nSPS) is 23.5. The van der Waals surface area contributed by atoms with Crippen LogP contribution in [0.25, 0.3) is 0 Å². The summed E-state index contributed by atoms with van der Waals surface area (Å²) in [5.74, 6) is 1.21. The maximum atomic E-state index is 3.49. The van der Waals surface area contributed by atoms with Crippen molar-refractivity contribution in [3.63, 3.8) is 0 Å². The molecule has 65 valence electrons. The van der Waals surface area contributed by atoms with Gasteiger partial charge in [0.1, 0.15) is 5.37 Å². The Labute approximate surface area is 73.5 Å². The molecule has 1 aliphatic rings. The highest BCUT2D eigenvalue weighted by molar-refractivity contribution is 8.02. The van der Waals surface area contributed by atoms with Crippen LogP contribution in [0.3, 0.4) is 0 Å². The average Bonchev–Trinajstić information content (AvgIpc) is 2.06. The molecular formula is C8H17N2S. The van der Waals surface area contributed by atoms with Crippen LogP contribution in [0, 0.1) is 5.37 Å². The molecule has 0 amide bonds. The molecule has 0 aromatic carbocycles. The second-order valence-electron chi connectivity index (χ2n) is 2.90. The quantitative estimate of drug-likeness (QED) is 0.670. The molecule has 0 aliphatic carbocycles. The van der Waals surface area contributed by atoms with Crippen molar-refractivity contribution in [3.8, 4) is 0 Å². The molecule has 3 heteroatoms. The zero-order valence-electron chi connectivity index (χ0n) is 7.31. The van der Waals surface area contributed by atoms with Crippen molar-refractivity contribution >= 4 is 11.8 Å². The lowest BCUT2D eigenvalue weighted by atomic mass is 10.2. The van der Waals surface area contributed by atoms with Gasteiger partial charge in [-0.15, -0.1) is 11.8 Å². The Morgan fingerprint density at radius 1 is 1.73 bits per heavy atom. The van der Waals surface area contributed by atoms with Gasteiger partial charge in [0.15, 0.2) is 0 Å². The maximum absolute atomic E-state index is 3.49. The van der Waals surface area contributed by atoms with Gasteiger partial charge in [-0.1, -0.05) is 6.92 Å². The molecule has 2 nitrogen and oxygen atoms in total. The van der Waals surface area contributed by atoms with Crippen LogP contribution < -0.4 is 10.6 Å². The third-order valence-corrected chi connectivity index (χ3v) is 2.88. The lowest BCUT2D eigenvalue weighted by molar-refractivity contribution is 0.551. The van der Waals surface area contributed by atoms with Crippen molar-refractivity contribution in [3.05, 3.63) is 5.37 Å². The first kappa shape index (κ1) is 9.36. The van der Waals surface area contributed by atoms with E-state index in [2.05, 4.69) is 24.5 Å². The first-order chi connectivity index (χ1) is 5.33. The largest absolute Gasteiger partial charge is 0.313 e. The molecule has 0 aromatic rings. The van der Waals surface area contributed by atoms with Crippen LogP contribution in [0.15, 0.2) is 0 Å². The molecule has 1 saturated heterocycles. The smallest absolute Gasteiger partial charge is 0.106 e. The van der Waals surface area contributed by atoms with Crippen LogP contribution in [-0.4, -0.2) is 24.9 Å². The van der Waals surface area contributed by atoms with Crippen LogP contribution in [0.4, 0.5) is 0 Å². The SMILES string of the molecule is CCC(C)N[C]1CNCCS1. The summed E-state index contributed by atoms with van der Waals surface area (Å²) >= 11 is 1.95. The number of rotatable bonds is 3. The Hall–Kier alpha value is 0.270. The zero-order chi connectivity index (χ0) is 8.10. The van der Waals surface area contributed by atoms with Gasteiger partial charge < -0.3 is 5.32 Å². The summed E-state index contributed by atoms with van der Waals surface area (Å²) in [4.78, 5) is 0. The topological polar surface area (TPSA) is 24.1 Å². The third kappa shape index (κ3) is 3.45. The van der Waals surface area contributed by atoms with Gasteiger partial charge in [0, 0.05) is 24.9 Å². The summed E-state index contributed by atoms with van der Waals surface area (Å²) in [6, 6.07) is 0.623. The number of thioether (sulfide) groups is 1. The van der Waals surface area contributed by atoms with Crippen LogP contribution >= 0.6 is 11.8 Å². The minimum atomic E-state index is 0.623. The van der Waals surface area contributed by atoms with Gasteiger partial charge in [0.05, 0.1) is 0 Å². The van der Waals surface area contributed by atoms with E-state index in [1.54, 1.807) is 0 Å². The molecule has 0 spiro atoms. The molecule has 0 saturated carbocycles. The Morgan fingerprint density at radius 2 is 2.55 bits per heavy atom. The van der Waals surface area contributed by atoms with Crippen LogP contribution in [0.2, 0.25) is 0 Å². The van der Waals surface area contributed by atoms with Gasteiger partial charge in [-0.05, 0) is 13.3 Å². The Bertz CT molecular complexity index is 102. The zero-order valence-corrected chi connectivity index (χ0v) is 8.13. The third-order valence-electron chi connectivity index (χ3n) is 1.86. The summed E-state index contributed by atoms with van der Waals surface area (Å²) in [7, 11) is 0. The Balaban J connectivity index is 2.13. The molecule has 1 fully saturated rings. The van der Waals surface area contributed by atoms with E-state index in [0.717, 1.165) is 13.1 Å². The second kappa shape index (κ2) is 5.01. The molecule has 1 rings (SSSR count). The van der Waals surface area contributed by atoms with Gasteiger partial charge in [-0.2, -0.15) is 0 Å². The number of hydrogen-bond donors (Lipinski definition) is 2. The predicted octanol–water partition coefficient (Wildman–Crippen LogP) is 1.20. The van der Waals surface area contributed by atoms with Crippen LogP contribution in [-0.2, 0) is 0 Å². The standard InChI is InChI=1S/C8H17N2S/c1-3-7(2)10-8-6-9-4-5-11-8/h7,9-10H,3-6H2,1-2H3. The summed E-state index contributed by atoms with van der Waals surface area (Å²) < 4.78 is 0. The van der Waals surface area contributed by atoms with Gasteiger partial charge in [-0.3, -0.25) is 5.32 Å². The molecule has 1 heterocycles. The molecule has 0 bridgehead atoms. The average molecular weight is 173 g/mol. The molecule has 1 unspecified atom stereocenters.